The number of carboxylic acid groups (broad SMARTS) is 1. The fourth-order valence-electron chi connectivity index (χ4n) is 3.50. The summed E-state index contributed by atoms with van der Waals surface area (Å²) >= 11 is 0. The number of aryl methyl sites for hydroxylation is 1. The minimum Gasteiger partial charge on any atom is -0.483 e. The maximum Gasteiger partial charge on any atom is 0.344 e. The van der Waals surface area contributed by atoms with Crippen LogP contribution in [0.2, 0.25) is 0 Å². The van der Waals surface area contributed by atoms with Crippen LogP contribution in [0.3, 0.4) is 0 Å². The van der Waals surface area contributed by atoms with E-state index in [1.807, 2.05) is 19.1 Å². The van der Waals surface area contributed by atoms with Crippen LogP contribution in [-0.2, 0) is 14.4 Å². The second kappa shape index (κ2) is 10.2. The molecule has 3 rings (SSSR count). The average Bonchev–Trinajstić information content (AvgIpc) is 2.80. The van der Waals surface area contributed by atoms with E-state index in [9.17, 15) is 24.3 Å². The highest BCUT2D eigenvalue weighted by Gasteiger charge is 2.25. The zero-order valence-corrected chi connectivity index (χ0v) is 18.6. The Labute approximate surface area is 189 Å². The highest BCUT2D eigenvalue weighted by atomic mass is 16.5. The van der Waals surface area contributed by atoms with Crippen molar-refractivity contribution in [3.05, 3.63) is 52.4 Å². The van der Waals surface area contributed by atoms with Crippen molar-refractivity contribution >= 4 is 39.5 Å². The van der Waals surface area contributed by atoms with Crippen molar-refractivity contribution in [3.8, 4) is 5.75 Å². The van der Waals surface area contributed by atoms with Gasteiger partial charge in [-0.1, -0.05) is 38.5 Å². The van der Waals surface area contributed by atoms with Gasteiger partial charge in [-0.3, -0.25) is 9.59 Å². The molecule has 33 heavy (non-hydrogen) atoms. The Bertz CT molecular complexity index is 1260. The van der Waals surface area contributed by atoms with E-state index in [1.54, 1.807) is 38.1 Å². The Balaban J connectivity index is 1.63. The standard InChI is InChI=1S/C24H26N2O7/c1-4-13(2)21(23(29)30)26-19(27)11-25-20(28)12-32-18-10-9-16-15-7-5-6-8-17(15)24(31)33-22(16)14(18)3/h5-10,13,21H,4,11-12H2,1-3H3,(H,25,28)(H,26,27)(H,29,30). The summed E-state index contributed by atoms with van der Waals surface area (Å²) in [5, 5.41) is 16.0. The number of hydrogen-bond acceptors (Lipinski definition) is 6. The van der Waals surface area contributed by atoms with Crippen molar-refractivity contribution in [2.24, 2.45) is 5.92 Å². The van der Waals surface area contributed by atoms with Gasteiger partial charge in [-0.15, -0.1) is 0 Å². The third-order valence-corrected chi connectivity index (χ3v) is 5.59. The van der Waals surface area contributed by atoms with Crippen LogP contribution < -0.4 is 21.0 Å². The van der Waals surface area contributed by atoms with Crippen LogP contribution in [0.5, 0.6) is 5.75 Å². The summed E-state index contributed by atoms with van der Waals surface area (Å²) in [6.07, 6.45) is 0.582. The van der Waals surface area contributed by atoms with Crippen molar-refractivity contribution in [2.45, 2.75) is 33.2 Å². The highest BCUT2D eigenvalue weighted by molar-refractivity contribution is 6.05. The molecule has 9 heteroatoms. The van der Waals surface area contributed by atoms with Gasteiger partial charge >= 0.3 is 11.6 Å². The largest absolute Gasteiger partial charge is 0.483 e. The molecule has 0 saturated heterocycles. The van der Waals surface area contributed by atoms with Crippen molar-refractivity contribution < 1.29 is 28.6 Å². The molecule has 2 unspecified atom stereocenters. The van der Waals surface area contributed by atoms with Crippen molar-refractivity contribution in [2.75, 3.05) is 13.2 Å². The maximum atomic E-state index is 12.3. The molecule has 3 aromatic rings. The zero-order chi connectivity index (χ0) is 24.1. The number of aliphatic carboxylic acids is 1. The van der Waals surface area contributed by atoms with Gasteiger partial charge < -0.3 is 24.9 Å². The molecule has 0 aliphatic rings. The quantitative estimate of drug-likeness (QED) is 0.334. The SMILES string of the molecule is CCC(C)C(NC(=O)CNC(=O)COc1ccc2c(oc(=O)c3ccccc32)c1C)C(=O)O. The van der Waals surface area contributed by atoms with Crippen LogP contribution in [0.4, 0.5) is 0 Å². The number of benzene rings is 2. The molecule has 2 aromatic carbocycles. The van der Waals surface area contributed by atoms with Gasteiger partial charge in [0.25, 0.3) is 5.91 Å². The minimum absolute atomic E-state index is 0.251. The first kappa shape index (κ1) is 23.8. The number of fused-ring (bicyclic) bond motifs is 3. The second-order valence-corrected chi connectivity index (χ2v) is 7.83. The Morgan fingerprint density at radius 2 is 1.76 bits per heavy atom. The molecule has 1 heterocycles. The normalized spacial score (nSPS) is 12.8. The number of carbonyl (C=O) groups is 3. The molecular formula is C24H26N2O7. The zero-order valence-electron chi connectivity index (χ0n) is 18.6. The Hall–Kier alpha value is -3.88. The monoisotopic (exact) mass is 454 g/mol. The first-order chi connectivity index (χ1) is 15.7. The topological polar surface area (TPSA) is 135 Å². The lowest BCUT2D eigenvalue weighted by Gasteiger charge is -2.20. The van der Waals surface area contributed by atoms with Crippen LogP contribution in [0.15, 0.2) is 45.6 Å². The minimum atomic E-state index is -1.13. The summed E-state index contributed by atoms with van der Waals surface area (Å²) in [6, 6.07) is 9.56. The highest BCUT2D eigenvalue weighted by Crippen LogP contribution is 2.30. The van der Waals surface area contributed by atoms with Gasteiger partial charge in [0.15, 0.2) is 6.61 Å². The van der Waals surface area contributed by atoms with E-state index >= 15 is 0 Å². The van der Waals surface area contributed by atoms with Gasteiger partial charge in [-0.05, 0) is 36.4 Å². The summed E-state index contributed by atoms with van der Waals surface area (Å²) in [7, 11) is 0. The molecule has 0 aliphatic heterocycles. The first-order valence-electron chi connectivity index (χ1n) is 10.6. The summed E-state index contributed by atoms with van der Waals surface area (Å²) < 4.78 is 11.0. The summed E-state index contributed by atoms with van der Waals surface area (Å²) in [5.74, 6) is -2.17. The molecule has 174 valence electrons. The number of ether oxygens (including phenoxy) is 1. The molecule has 2 atom stereocenters. The first-order valence-corrected chi connectivity index (χ1v) is 10.6. The van der Waals surface area contributed by atoms with Gasteiger partial charge in [-0.25, -0.2) is 9.59 Å². The molecule has 3 N–H and O–H groups in total. The molecule has 9 nitrogen and oxygen atoms in total. The fourth-order valence-corrected chi connectivity index (χ4v) is 3.50. The van der Waals surface area contributed by atoms with Crippen LogP contribution in [0.25, 0.3) is 21.7 Å². The molecule has 0 aliphatic carbocycles. The van der Waals surface area contributed by atoms with Crippen molar-refractivity contribution in [1.29, 1.82) is 0 Å². The molecule has 0 radical (unpaired) electrons. The molecule has 0 fully saturated rings. The summed E-state index contributed by atoms with van der Waals surface area (Å²) in [4.78, 5) is 47.8. The third kappa shape index (κ3) is 5.31. The van der Waals surface area contributed by atoms with E-state index in [0.717, 1.165) is 10.8 Å². The van der Waals surface area contributed by atoms with Gasteiger partial charge in [0.05, 0.1) is 11.9 Å². The lowest BCUT2D eigenvalue weighted by molar-refractivity contribution is -0.143. The van der Waals surface area contributed by atoms with E-state index in [1.165, 1.54) is 0 Å². The van der Waals surface area contributed by atoms with E-state index in [0.29, 0.717) is 28.7 Å². The molecule has 1 aromatic heterocycles. The number of rotatable bonds is 9. The van der Waals surface area contributed by atoms with E-state index in [4.69, 9.17) is 9.15 Å². The summed E-state index contributed by atoms with van der Waals surface area (Å²) in [6.45, 7) is 4.53. The molecule has 0 spiro atoms. The van der Waals surface area contributed by atoms with Gasteiger partial charge in [0.1, 0.15) is 17.4 Å². The van der Waals surface area contributed by atoms with Gasteiger partial charge in [-0.2, -0.15) is 0 Å². The van der Waals surface area contributed by atoms with Gasteiger partial charge in [0, 0.05) is 10.9 Å². The predicted molar refractivity (Wildman–Crippen MR) is 122 cm³/mol. The fraction of sp³-hybridized carbons (Fsp3) is 0.333. The number of carboxylic acids is 1. The third-order valence-electron chi connectivity index (χ3n) is 5.59. The smallest absolute Gasteiger partial charge is 0.344 e. The van der Waals surface area contributed by atoms with Crippen molar-refractivity contribution in [1.82, 2.24) is 10.6 Å². The Kier molecular flexibility index (Phi) is 7.32. The maximum absolute atomic E-state index is 12.3. The van der Waals surface area contributed by atoms with Crippen LogP contribution in [0, 0.1) is 12.8 Å². The lowest BCUT2D eigenvalue weighted by Crippen LogP contribution is -2.48. The van der Waals surface area contributed by atoms with Crippen LogP contribution >= 0.6 is 0 Å². The van der Waals surface area contributed by atoms with E-state index in [-0.39, 0.29) is 19.1 Å². The van der Waals surface area contributed by atoms with Crippen molar-refractivity contribution in [3.63, 3.8) is 0 Å². The Morgan fingerprint density at radius 1 is 1.06 bits per heavy atom. The van der Waals surface area contributed by atoms with E-state index < -0.39 is 29.5 Å². The molecular weight excluding hydrogens is 428 g/mol. The summed E-state index contributed by atoms with van der Waals surface area (Å²) in [5.41, 5.74) is 0.485. The Morgan fingerprint density at radius 3 is 2.42 bits per heavy atom. The van der Waals surface area contributed by atoms with Crippen LogP contribution in [0.1, 0.15) is 25.8 Å². The molecule has 0 saturated carbocycles. The molecule has 0 bridgehead atoms. The number of amides is 2. The number of hydrogen-bond donors (Lipinski definition) is 3. The average molecular weight is 454 g/mol. The van der Waals surface area contributed by atoms with E-state index in [2.05, 4.69) is 10.6 Å². The second-order valence-electron chi connectivity index (χ2n) is 7.83. The molecule has 2 amide bonds. The lowest BCUT2D eigenvalue weighted by atomic mass is 9.99. The van der Waals surface area contributed by atoms with Crippen LogP contribution in [-0.4, -0.2) is 42.1 Å². The number of nitrogens with one attached hydrogen (secondary N) is 2. The predicted octanol–water partition coefficient (Wildman–Crippen LogP) is 2.37. The number of carbonyl (C=O) groups excluding carboxylic acids is 2. The van der Waals surface area contributed by atoms with Gasteiger partial charge in [0.2, 0.25) is 5.91 Å².